The summed E-state index contributed by atoms with van der Waals surface area (Å²) in [5.74, 6) is -1.47. The molecule has 0 spiro atoms. The molecule has 100 valence electrons. The topological polar surface area (TPSA) is 90.0 Å². The first-order chi connectivity index (χ1) is 8.50. The van der Waals surface area contributed by atoms with E-state index in [4.69, 9.17) is 5.11 Å². The molecule has 0 radical (unpaired) electrons. The van der Waals surface area contributed by atoms with Crippen LogP contribution in [-0.2, 0) is 9.59 Å². The number of carbonyl (C=O) groups excluding carboxylic acids is 2. The molecule has 0 bridgehead atoms. The molecule has 1 aliphatic heterocycles. The van der Waals surface area contributed by atoms with Gasteiger partial charge >= 0.3 is 12.0 Å². The molecule has 1 saturated heterocycles. The lowest BCUT2D eigenvalue weighted by atomic mass is 10.1. The van der Waals surface area contributed by atoms with Crippen LogP contribution in [0.5, 0.6) is 0 Å². The van der Waals surface area contributed by atoms with Crippen LogP contribution in [0.1, 0.15) is 19.3 Å². The van der Waals surface area contributed by atoms with E-state index < -0.39 is 12.0 Å². The van der Waals surface area contributed by atoms with Crippen LogP contribution in [0.15, 0.2) is 0 Å². The van der Waals surface area contributed by atoms with Gasteiger partial charge in [0.2, 0.25) is 5.91 Å². The first-order valence-corrected chi connectivity index (χ1v) is 6.03. The molecule has 2 rings (SSSR count). The Morgan fingerprint density at radius 3 is 2.72 bits per heavy atom. The largest absolute Gasteiger partial charge is 0.481 e. The molecule has 1 unspecified atom stereocenters. The van der Waals surface area contributed by atoms with E-state index in [0.29, 0.717) is 13.1 Å². The summed E-state index contributed by atoms with van der Waals surface area (Å²) in [5.41, 5.74) is 0. The van der Waals surface area contributed by atoms with E-state index in [1.54, 1.807) is 11.9 Å². The fraction of sp³-hybridized carbons (Fsp3) is 0.727. The van der Waals surface area contributed by atoms with E-state index in [0.717, 1.165) is 12.8 Å². The molecule has 18 heavy (non-hydrogen) atoms. The first kappa shape index (κ1) is 12.7. The number of nitrogens with zero attached hydrogens (tertiary/aromatic N) is 2. The molecule has 1 saturated carbocycles. The third kappa shape index (κ3) is 2.55. The molecule has 2 N–H and O–H groups in total. The third-order valence-corrected chi connectivity index (χ3v) is 3.34. The van der Waals surface area contributed by atoms with Crippen LogP contribution >= 0.6 is 0 Å². The van der Waals surface area contributed by atoms with Gasteiger partial charge in [-0.3, -0.25) is 9.59 Å². The van der Waals surface area contributed by atoms with Gasteiger partial charge in [0.1, 0.15) is 6.04 Å². The molecule has 7 heteroatoms. The highest BCUT2D eigenvalue weighted by Crippen LogP contribution is 2.27. The number of carboxylic acids is 1. The van der Waals surface area contributed by atoms with Gasteiger partial charge in [0.25, 0.3) is 0 Å². The lowest BCUT2D eigenvalue weighted by molar-refractivity contribution is -0.142. The summed E-state index contributed by atoms with van der Waals surface area (Å²) in [5, 5.41) is 11.4. The minimum absolute atomic E-state index is 0.243. The van der Waals surface area contributed by atoms with E-state index in [9.17, 15) is 14.4 Å². The predicted molar refractivity (Wildman–Crippen MR) is 61.9 cm³/mol. The van der Waals surface area contributed by atoms with E-state index in [1.807, 2.05) is 0 Å². The number of carbonyl (C=O) groups is 3. The maximum absolute atomic E-state index is 12.2. The van der Waals surface area contributed by atoms with E-state index in [1.165, 1.54) is 4.90 Å². The van der Waals surface area contributed by atoms with Crippen molar-refractivity contribution in [3.63, 3.8) is 0 Å². The number of carboxylic acid groups (broad SMARTS) is 1. The number of rotatable bonds is 3. The molecule has 3 amide bonds. The standard InChI is InChI=1S/C11H17N3O4/c1-13(7-2-3-7)11(18)14-5-4-12-10(17)8(14)6-9(15)16/h7-8H,2-6H2,1H3,(H,12,17)(H,15,16). The lowest BCUT2D eigenvalue weighted by Gasteiger charge is -2.36. The van der Waals surface area contributed by atoms with Crippen LogP contribution < -0.4 is 5.32 Å². The quantitative estimate of drug-likeness (QED) is 0.709. The first-order valence-electron chi connectivity index (χ1n) is 6.03. The lowest BCUT2D eigenvalue weighted by Crippen LogP contribution is -2.60. The number of piperazine rings is 1. The fourth-order valence-electron chi connectivity index (χ4n) is 2.13. The van der Waals surface area contributed by atoms with E-state index >= 15 is 0 Å². The summed E-state index contributed by atoms with van der Waals surface area (Å²) >= 11 is 0. The highest BCUT2D eigenvalue weighted by molar-refractivity contribution is 5.91. The highest BCUT2D eigenvalue weighted by atomic mass is 16.4. The van der Waals surface area contributed by atoms with Crippen LogP contribution in [0.2, 0.25) is 0 Å². The van der Waals surface area contributed by atoms with Crippen molar-refractivity contribution in [3.05, 3.63) is 0 Å². The zero-order chi connectivity index (χ0) is 13.3. The monoisotopic (exact) mass is 255 g/mol. The van der Waals surface area contributed by atoms with E-state index in [2.05, 4.69) is 5.32 Å². The second kappa shape index (κ2) is 4.83. The molecule has 1 aliphatic carbocycles. The summed E-state index contributed by atoms with van der Waals surface area (Å²) in [7, 11) is 1.70. The van der Waals surface area contributed by atoms with Crippen molar-refractivity contribution in [2.24, 2.45) is 0 Å². The minimum Gasteiger partial charge on any atom is -0.481 e. The Morgan fingerprint density at radius 2 is 2.17 bits per heavy atom. The van der Waals surface area contributed by atoms with Crippen LogP contribution in [0.4, 0.5) is 4.79 Å². The molecule has 0 aromatic carbocycles. The Kier molecular flexibility index (Phi) is 3.40. The van der Waals surface area contributed by atoms with Crippen LogP contribution in [0, 0.1) is 0 Å². The Morgan fingerprint density at radius 1 is 1.50 bits per heavy atom. The molecule has 2 fully saturated rings. The van der Waals surface area contributed by atoms with Gasteiger partial charge in [0.05, 0.1) is 6.42 Å². The van der Waals surface area contributed by atoms with Gasteiger partial charge < -0.3 is 20.2 Å². The summed E-state index contributed by atoms with van der Waals surface area (Å²) < 4.78 is 0. The maximum atomic E-state index is 12.2. The Labute approximate surface area is 105 Å². The fourth-order valence-corrected chi connectivity index (χ4v) is 2.13. The van der Waals surface area contributed by atoms with Gasteiger partial charge in [0.15, 0.2) is 0 Å². The molecule has 2 aliphatic rings. The van der Waals surface area contributed by atoms with Crippen LogP contribution in [0.25, 0.3) is 0 Å². The Balaban J connectivity index is 2.08. The van der Waals surface area contributed by atoms with Crippen molar-refractivity contribution in [2.75, 3.05) is 20.1 Å². The van der Waals surface area contributed by atoms with Gasteiger partial charge in [-0.05, 0) is 12.8 Å². The second-order valence-corrected chi connectivity index (χ2v) is 4.72. The molecule has 0 aromatic heterocycles. The summed E-state index contributed by atoms with van der Waals surface area (Å²) in [6.45, 7) is 0.735. The number of nitrogens with one attached hydrogen (secondary N) is 1. The molecule has 0 aromatic rings. The molecule has 1 heterocycles. The van der Waals surface area contributed by atoms with Gasteiger partial charge in [-0.25, -0.2) is 4.79 Å². The summed E-state index contributed by atoms with van der Waals surface area (Å²) in [6, 6.07) is -0.906. The molecule has 1 atom stereocenters. The molecular weight excluding hydrogens is 238 g/mol. The number of hydrogen-bond donors (Lipinski definition) is 2. The minimum atomic E-state index is -1.08. The Hall–Kier alpha value is -1.79. The van der Waals surface area contributed by atoms with E-state index in [-0.39, 0.29) is 24.4 Å². The zero-order valence-corrected chi connectivity index (χ0v) is 10.3. The maximum Gasteiger partial charge on any atom is 0.320 e. The number of urea groups is 1. The van der Waals surface area contributed by atoms with Gasteiger partial charge in [-0.2, -0.15) is 0 Å². The number of amides is 3. The summed E-state index contributed by atoms with van der Waals surface area (Å²) in [6.07, 6.45) is 1.60. The van der Waals surface area contributed by atoms with Gasteiger partial charge in [-0.15, -0.1) is 0 Å². The van der Waals surface area contributed by atoms with Crippen molar-refractivity contribution in [1.82, 2.24) is 15.1 Å². The van der Waals surface area contributed by atoms with Gasteiger partial charge in [-0.1, -0.05) is 0 Å². The molecule has 7 nitrogen and oxygen atoms in total. The normalized spacial score (nSPS) is 23.5. The summed E-state index contributed by atoms with van der Waals surface area (Å²) in [4.78, 5) is 37.6. The smallest absolute Gasteiger partial charge is 0.320 e. The van der Waals surface area contributed by atoms with Crippen LogP contribution in [-0.4, -0.2) is 65.0 Å². The van der Waals surface area contributed by atoms with Crippen molar-refractivity contribution >= 4 is 17.9 Å². The Bertz CT molecular complexity index is 380. The highest BCUT2D eigenvalue weighted by Gasteiger charge is 2.39. The average Bonchev–Trinajstić information content (AvgIpc) is 3.13. The SMILES string of the molecule is CN(C(=O)N1CCNC(=O)C1CC(=O)O)C1CC1. The van der Waals surface area contributed by atoms with Crippen molar-refractivity contribution in [2.45, 2.75) is 31.3 Å². The number of aliphatic carboxylic acids is 1. The third-order valence-electron chi connectivity index (χ3n) is 3.34. The van der Waals surface area contributed by atoms with Crippen molar-refractivity contribution in [3.8, 4) is 0 Å². The molecular formula is C11H17N3O4. The number of hydrogen-bond acceptors (Lipinski definition) is 3. The van der Waals surface area contributed by atoms with Crippen molar-refractivity contribution in [1.29, 1.82) is 0 Å². The zero-order valence-electron chi connectivity index (χ0n) is 10.3. The van der Waals surface area contributed by atoms with Crippen molar-refractivity contribution < 1.29 is 19.5 Å². The van der Waals surface area contributed by atoms with Crippen LogP contribution in [0.3, 0.4) is 0 Å². The average molecular weight is 255 g/mol. The van der Waals surface area contributed by atoms with Gasteiger partial charge in [0, 0.05) is 26.2 Å². The second-order valence-electron chi connectivity index (χ2n) is 4.72. The predicted octanol–water partition coefficient (Wildman–Crippen LogP) is -0.524.